The first kappa shape index (κ1) is 8.70. The number of nitro benzene ring substituents is 1. The van der Waals surface area contributed by atoms with Gasteiger partial charge in [-0.25, -0.2) is 0 Å². The number of nitrogens with zero attached hydrogens (tertiary/aromatic N) is 2. The van der Waals surface area contributed by atoms with Gasteiger partial charge in [0.15, 0.2) is 0 Å². The Balaban J connectivity index is 2.16. The molecular formula is C10H8N2O2. The maximum absolute atomic E-state index is 10.4. The Morgan fingerprint density at radius 2 is 2.07 bits per heavy atom. The smallest absolute Gasteiger partial charge is 0.258 e. The summed E-state index contributed by atoms with van der Waals surface area (Å²) < 4.78 is 0. The summed E-state index contributed by atoms with van der Waals surface area (Å²) in [6.07, 6.45) is 0.883. The molecule has 1 aliphatic carbocycles. The van der Waals surface area contributed by atoms with E-state index in [1.807, 2.05) is 0 Å². The van der Waals surface area contributed by atoms with E-state index < -0.39 is 4.92 Å². The molecule has 0 bridgehead atoms. The number of hydrogen-bond donors (Lipinski definition) is 0. The Kier molecular flexibility index (Phi) is 1.93. The molecule has 1 fully saturated rings. The highest BCUT2D eigenvalue weighted by molar-refractivity contribution is 5.37. The lowest BCUT2D eigenvalue weighted by Gasteiger charge is -1.96. The zero-order valence-corrected chi connectivity index (χ0v) is 7.38. The second-order valence-corrected chi connectivity index (χ2v) is 3.43. The lowest BCUT2D eigenvalue weighted by atomic mass is 10.1. The van der Waals surface area contributed by atoms with Crippen LogP contribution in [0.4, 0.5) is 5.69 Å². The lowest BCUT2D eigenvalue weighted by molar-refractivity contribution is -0.384. The summed E-state index contributed by atoms with van der Waals surface area (Å²) in [6, 6.07) is 8.64. The van der Waals surface area contributed by atoms with Gasteiger partial charge in [-0.2, -0.15) is 5.26 Å². The topological polar surface area (TPSA) is 66.9 Å². The minimum atomic E-state index is -0.418. The molecule has 4 nitrogen and oxygen atoms in total. The van der Waals surface area contributed by atoms with E-state index in [1.165, 1.54) is 12.1 Å². The summed E-state index contributed by atoms with van der Waals surface area (Å²) in [5.41, 5.74) is 1.13. The van der Waals surface area contributed by atoms with Crippen molar-refractivity contribution in [3.8, 4) is 6.07 Å². The molecule has 1 saturated carbocycles. The molecule has 0 aromatic heterocycles. The molecule has 1 aliphatic rings. The second kappa shape index (κ2) is 3.11. The normalized spacial score (nSPS) is 23.9. The predicted octanol–water partition coefficient (Wildman–Crippen LogP) is 2.22. The average Bonchev–Trinajstić information content (AvgIpc) is 2.97. The van der Waals surface area contributed by atoms with Crippen LogP contribution < -0.4 is 0 Å². The molecule has 0 saturated heterocycles. The molecule has 0 radical (unpaired) electrons. The van der Waals surface area contributed by atoms with Crippen LogP contribution in [-0.4, -0.2) is 4.92 Å². The van der Waals surface area contributed by atoms with Gasteiger partial charge < -0.3 is 0 Å². The van der Waals surface area contributed by atoms with E-state index in [-0.39, 0.29) is 11.6 Å². The van der Waals surface area contributed by atoms with Gasteiger partial charge >= 0.3 is 0 Å². The van der Waals surface area contributed by atoms with Gasteiger partial charge in [0.2, 0.25) is 0 Å². The van der Waals surface area contributed by atoms with Crippen LogP contribution in [0.3, 0.4) is 0 Å². The summed E-state index contributed by atoms with van der Waals surface area (Å²) in [5, 5.41) is 19.0. The van der Waals surface area contributed by atoms with E-state index in [0.29, 0.717) is 5.92 Å². The third kappa shape index (κ3) is 1.44. The van der Waals surface area contributed by atoms with E-state index in [4.69, 9.17) is 5.26 Å². The number of hydrogen-bond acceptors (Lipinski definition) is 3. The summed E-state index contributed by atoms with van der Waals surface area (Å²) in [5.74, 6) is 0.400. The Morgan fingerprint density at radius 1 is 1.43 bits per heavy atom. The molecule has 1 aromatic rings. The van der Waals surface area contributed by atoms with E-state index in [9.17, 15) is 10.1 Å². The van der Waals surface area contributed by atoms with Crippen LogP contribution in [0, 0.1) is 27.4 Å². The minimum Gasteiger partial charge on any atom is -0.258 e. The van der Waals surface area contributed by atoms with Gasteiger partial charge in [0.1, 0.15) is 0 Å². The van der Waals surface area contributed by atoms with Crippen molar-refractivity contribution in [2.24, 2.45) is 5.92 Å². The molecule has 1 aromatic carbocycles. The van der Waals surface area contributed by atoms with Gasteiger partial charge in [-0.1, -0.05) is 12.1 Å². The van der Waals surface area contributed by atoms with Crippen LogP contribution in [0.25, 0.3) is 0 Å². The van der Waals surface area contributed by atoms with E-state index in [1.54, 1.807) is 12.1 Å². The number of benzene rings is 1. The molecule has 2 atom stereocenters. The third-order valence-electron chi connectivity index (χ3n) is 2.49. The van der Waals surface area contributed by atoms with Crippen molar-refractivity contribution in [3.63, 3.8) is 0 Å². The van der Waals surface area contributed by atoms with Crippen LogP contribution >= 0.6 is 0 Å². The van der Waals surface area contributed by atoms with Gasteiger partial charge in [-0.3, -0.25) is 10.1 Å². The fourth-order valence-electron chi connectivity index (χ4n) is 1.55. The fourth-order valence-corrected chi connectivity index (χ4v) is 1.55. The predicted molar refractivity (Wildman–Crippen MR) is 49.6 cm³/mol. The van der Waals surface area contributed by atoms with E-state index >= 15 is 0 Å². The fraction of sp³-hybridized carbons (Fsp3) is 0.300. The SMILES string of the molecule is N#CC1CC1c1ccc([N+](=O)[O-])cc1. The van der Waals surface area contributed by atoms with Crippen molar-refractivity contribution < 1.29 is 4.92 Å². The first-order valence-electron chi connectivity index (χ1n) is 4.36. The Morgan fingerprint density at radius 3 is 2.50 bits per heavy atom. The molecule has 0 amide bonds. The van der Waals surface area contributed by atoms with Crippen molar-refractivity contribution in [2.75, 3.05) is 0 Å². The molecule has 0 aliphatic heterocycles. The van der Waals surface area contributed by atoms with Crippen molar-refractivity contribution in [3.05, 3.63) is 39.9 Å². The zero-order chi connectivity index (χ0) is 10.1. The monoisotopic (exact) mass is 188 g/mol. The standard InChI is InChI=1S/C10H8N2O2/c11-6-8-5-10(8)7-1-3-9(4-2-7)12(13)14/h1-4,8,10H,5H2. The van der Waals surface area contributed by atoms with Crippen molar-refractivity contribution >= 4 is 5.69 Å². The van der Waals surface area contributed by atoms with Crippen LogP contribution in [0.15, 0.2) is 24.3 Å². The highest BCUT2D eigenvalue weighted by Crippen LogP contribution is 2.46. The van der Waals surface area contributed by atoms with Gasteiger partial charge in [0, 0.05) is 18.1 Å². The Hall–Kier alpha value is -1.89. The van der Waals surface area contributed by atoms with E-state index in [2.05, 4.69) is 6.07 Å². The van der Waals surface area contributed by atoms with Gasteiger partial charge in [-0.05, 0) is 12.0 Å². The van der Waals surface area contributed by atoms with Crippen molar-refractivity contribution in [2.45, 2.75) is 12.3 Å². The quantitative estimate of drug-likeness (QED) is 0.527. The van der Waals surface area contributed by atoms with Gasteiger partial charge in [0.05, 0.1) is 16.9 Å². The van der Waals surface area contributed by atoms with Crippen LogP contribution in [0.5, 0.6) is 0 Å². The summed E-state index contributed by atoms with van der Waals surface area (Å²) in [7, 11) is 0. The maximum Gasteiger partial charge on any atom is 0.269 e. The first-order chi connectivity index (χ1) is 6.72. The highest BCUT2D eigenvalue weighted by Gasteiger charge is 2.38. The number of rotatable bonds is 2. The maximum atomic E-state index is 10.4. The first-order valence-corrected chi connectivity index (χ1v) is 4.36. The molecule has 0 heterocycles. The Labute approximate surface area is 80.9 Å². The number of non-ortho nitro benzene ring substituents is 1. The van der Waals surface area contributed by atoms with Crippen LogP contribution in [0.2, 0.25) is 0 Å². The average molecular weight is 188 g/mol. The summed E-state index contributed by atoms with van der Waals surface area (Å²) >= 11 is 0. The van der Waals surface area contributed by atoms with Gasteiger partial charge in [0.25, 0.3) is 5.69 Å². The number of nitriles is 1. The third-order valence-corrected chi connectivity index (χ3v) is 2.49. The largest absolute Gasteiger partial charge is 0.269 e. The molecule has 70 valence electrons. The van der Waals surface area contributed by atoms with Crippen molar-refractivity contribution in [1.29, 1.82) is 5.26 Å². The second-order valence-electron chi connectivity index (χ2n) is 3.43. The summed E-state index contributed by atoms with van der Waals surface area (Å²) in [4.78, 5) is 9.95. The zero-order valence-electron chi connectivity index (χ0n) is 7.38. The molecule has 14 heavy (non-hydrogen) atoms. The van der Waals surface area contributed by atoms with Gasteiger partial charge in [-0.15, -0.1) is 0 Å². The summed E-state index contributed by atoms with van der Waals surface area (Å²) in [6.45, 7) is 0. The highest BCUT2D eigenvalue weighted by atomic mass is 16.6. The van der Waals surface area contributed by atoms with Crippen molar-refractivity contribution in [1.82, 2.24) is 0 Å². The lowest BCUT2D eigenvalue weighted by Crippen LogP contribution is -1.88. The molecular weight excluding hydrogens is 180 g/mol. The van der Waals surface area contributed by atoms with Crippen LogP contribution in [0.1, 0.15) is 17.9 Å². The molecule has 2 unspecified atom stereocenters. The number of nitro groups is 1. The molecule has 2 rings (SSSR count). The minimum absolute atomic E-state index is 0.0999. The molecule has 0 N–H and O–H groups in total. The van der Waals surface area contributed by atoms with Crippen LogP contribution in [-0.2, 0) is 0 Å². The molecule has 4 heteroatoms. The molecule has 0 spiro atoms. The van der Waals surface area contributed by atoms with E-state index in [0.717, 1.165) is 12.0 Å². The Bertz CT molecular complexity index is 405.